The maximum absolute atomic E-state index is 12.4. The fraction of sp³-hybridized carbons (Fsp3) is 0.320. The number of allylic oxidation sites excluding steroid dienone is 1. The van der Waals surface area contributed by atoms with E-state index in [1.54, 1.807) is 36.0 Å². The standard InChI is InChI=1S/C17H18ClFO4S.C8H11N3S/c1-16(14(20)21)5-2-6-17(10-16,15(22)23)12-9-11(24-8-7-19)3-4-13(12)18;1-12-7-4-2-3-6(5-7)11-8(9)10/h2-5,9H,6-8,10H2,1H3,(H,20,21)(H,22,23);2-5H,1H3,(H4,9,10,11). The molecular weight excluding hydrogens is 525 g/mol. The molecule has 2 unspecified atom stereocenters. The van der Waals surface area contributed by atoms with E-state index >= 15 is 0 Å². The highest BCUT2D eigenvalue weighted by molar-refractivity contribution is 7.99. The predicted molar refractivity (Wildman–Crippen MR) is 145 cm³/mol. The van der Waals surface area contributed by atoms with Gasteiger partial charge in [-0.25, -0.2) is 4.99 Å². The van der Waals surface area contributed by atoms with Gasteiger partial charge in [-0.05, 0) is 68.0 Å². The first kappa shape index (κ1) is 29.5. The number of carboxylic acids is 2. The third-order valence-electron chi connectivity index (χ3n) is 5.63. The molecular formula is C25H29ClFN3O4S2. The maximum Gasteiger partial charge on any atom is 0.314 e. The Morgan fingerprint density at radius 2 is 1.86 bits per heavy atom. The minimum absolute atomic E-state index is 0.0910. The molecule has 2 aromatic carbocycles. The second kappa shape index (κ2) is 13.0. The Balaban J connectivity index is 0.000000319. The van der Waals surface area contributed by atoms with E-state index in [0.717, 1.165) is 10.6 Å². The molecule has 0 fully saturated rings. The van der Waals surface area contributed by atoms with Crippen molar-refractivity contribution in [3.05, 3.63) is 65.2 Å². The number of benzene rings is 2. The number of thioether (sulfide) groups is 2. The Kier molecular flexibility index (Phi) is 10.7. The fourth-order valence-corrected chi connectivity index (χ4v) is 5.28. The Bertz CT molecular complexity index is 1160. The predicted octanol–water partition coefficient (Wildman–Crippen LogP) is 5.48. The molecule has 2 atom stereocenters. The van der Waals surface area contributed by atoms with E-state index < -0.39 is 29.4 Å². The average molecular weight is 554 g/mol. The van der Waals surface area contributed by atoms with E-state index in [-0.39, 0.29) is 29.6 Å². The zero-order valence-electron chi connectivity index (χ0n) is 19.9. The summed E-state index contributed by atoms with van der Waals surface area (Å²) in [5.41, 5.74) is 8.92. The normalized spacial score (nSPS) is 20.7. The zero-order chi connectivity index (χ0) is 26.9. The molecule has 0 saturated carbocycles. The second-order valence-corrected chi connectivity index (χ2v) is 10.8. The Hall–Kier alpha value is -2.69. The van der Waals surface area contributed by atoms with Crippen molar-refractivity contribution < 1.29 is 24.2 Å². The van der Waals surface area contributed by atoms with Crippen LogP contribution in [0.25, 0.3) is 0 Å². The number of guanidine groups is 1. The van der Waals surface area contributed by atoms with Crippen LogP contribution >= 0.6 is 35.1 Å². The molecule has 0 bridgehead atoms. The fourth-order valence-electron chi connectivity index (χ4n) is 3.85. The van der Waals surface area contributed by atoms with E-state index in [9.17, 15) is 24.2 Å². The van der Waals surface area contributed by atoms with Crippen LogP contribution in [0, 0.1) is 5.41 Å². The summed E-state index contributed by atoms with van der Waals surface area (Å²) in [6.45, 7) is 1.00. The number of hydrogen-bond donors (Lipinski definition) is 4. The molecule has 36 heavy (non-hydrogen) atoms. The van der Waals surface area contributed by atoms with Gasteiger partial charge in [-0.1, -0.05) is 29.8 Å². The van der Waals surface area contributed by atoms with Crippen LogP contribution in [-0.2, 0) is 15.0 Å². The minimum Gasteiger partial charge on any atom is -0.481 e. The zero-order valence-corrected chi connectivity index (χ0v) is 22.3. The number of nitrogens with two attached hydrogens (primary N) is 2. The number of aliphatic imine (C=N–C) groups is 1. The molecule has 7 nitrogen and oxygen atoms in total. The summed E-state index contributed by atoms with van der Waals surface area (Å²) in [4.78, 5) is 29.5. The van der Waals surface area contributed by atoms with E-state index in [1.165, 1.54) is 24.8 Å². The van der Waals surface area contributed by atoms with Crippen molar-refractivity contribution in [2.24, 2.45) is 21.9 Å². The van der Waals surface area contributed by atoms with Crippen LogP contribution in [0.3, 0.4) is 0 Å². The average Bonchev–Trinajstić information content (AvgIpc) is 2.83. The van der Waals surface area contributed by atoms with Crippen LogP contribution in [0.1, 0.15) is 25.3 Å². The van der Waals surface area contributed by atoms with Crippen LogP contribution in [0.15, 0.2) is 69.4 Å². The molecule has 0 aliphatic heterocycles. The minimum atomic E-state index is -1.43. The van der Waals surface area contributed by atoms with Crippen molar-refractivity contribution in [2.75, 3.05) is 18.7 Å². The van der Waals surface area contributed by atoms with E-state index in [0.29, 0.717) is 10.5 Å². The molecule has 1 aliphatic carbocycles. The highest BCUT2D eigenvalue weighted by atomic mass is 35.5. The van der Waals surface area contributed by atoms with Gasteiger partial charge < -0.3 is 21.7 Å². The van der Waals surface area contributed by atoms with Crippen molar-refractivity contribution in [1.29, 1.82) is 0 Å². The Morgan fingerprint density at radius 1 is 1.14 bits per heavy atom. The second-order valence-electron chi connectivity index (χ2n) is 8.31. The molecule has 0 saturated heterocycles. The number of hydrogen-bond acceptors (Lipinski definition) is 5. The molecule has 0 aromatic heterocycles. The lowest BCUT2D eigenvalue weighted by atomic mass is 9.63. The smallest absolute Gasteiger partial charge is 0.314 e. The molecule has 0 amide bonds. The monoisotopic (exact) mass is 553 g/mol. The number of carbonyl (C=O) groups is 2. The third kappa shape index (κ3) is 7.41. The van der Waals surface area contributed by atoms with Crippen LogP contribution < -0.4 is 11.5 Å². The van der Waals surface area contributed by atoms with Gasteiger partial charge in [0, 0.05) is 20.6 Å². The van der Waals surface area contributed by atoms with E-state index in [4.69, 9.17) is 23.1 Å². The summed E-state index contributed by atoms with van der Waals surface area (Å²) >= 11 is 9.17. The number of rotatable bonds is 8. The van der Waals surface area contributed by atoms with Crippen molar-refractivity contribution in [3.63, 3.8) is 0 Å². The summed E-state index contributed by atoms with van der Waals surface area (Å²) in [5.74, 6) is -1.85. The summed E-state index contributed by atoms with van der Waals surface area (Å²) in [7, 11) is 0. The highest BCUT2D eigenvalue weighted by Crippen LogP contribution is 2.47. The molecule has 194 valence electrons. The van der Waals surface area contributed by atoms with Crippen molar-refractivity contribution >= 4 is 58.7 Å². The molecule has 1 aliphatic rings. The van der Waals surface area contributed by atoms with Crippen LogP contribution in [0.4, 0.5) is 10.1 Å². The van der Waals surface area contributed by atoms with Gasteiger partial charge in [0.2, 0.25) is 0 Å². The summed E-state index contributed by atoms with van der Waals surface area (Å²) < 4.78 is 12.4. The van der Waals surface area contributed by atoms with Gasteiger partial charge in [0.25, 0.3) is 0 Å². The molecule has 0 heterocycles. The topological polar surface area (TPSA) is 139 Å². The lowest BCUT2D eigenvalue weighted by molar-refractivity contribution is -0.151. The van der Waals surface area contributed by atoms with Crippen molar-refractivity contribution in [2.45, 2.75) is 35.0 Å². The summed E-state index contributed by atoms with van der Waals surface area (Å²) in [6, 6.07) is 12.7. The lowest BCUT2D eigenvalue weighted by Crippen LogP contribution is -2.45. The van der Waals surface area contributed by atoms with Gasteiger partial charge in [0.1, 0.15) is 0 Å². The van der Waals surface area contributed by atoms with Gasteiger partial charge >= 0.3 is 11.9 Å². The largest absolute Gasteiger partial charge is 0.481 e. The van der Waals surface area contributed by atoms with Crippen molar-refractivity contribution in [3.8, 4) is 0 Å². The van der Waals surface area contributed by atoms with Gasteiger partial charge in [-0.3, -0.25) is 14.0 Å². The lowest BCUT2D eigenvalue weighted by Gasteiger charge is -2.39. The molecule has 3 rings (SSSR count). The Labute approximate surface area is 223 Å². The first-order chi connectivity index (χ1) is 17.0. The molecule has 0 spiro atoms. The number of aliphatic carboxylic acids is 2. The molecule has 2 aromatic rings. The quantitative estimate of drug-likeness (QED) is 0.146. The third-order valence-corrected chi connectivity index (χ3v) is 7.63. The van der Waals surface area contributed by atoms with Crippen LogP contribution in [0.2, 0.25) is 5.02 Å². The van der Waals surface area contributed by atoms with Gasteiger partial charge in [-0.2, -0.15) is 0 Å². The molecule has 11 heteroatoms. The summed E-state index contributed by atoms with van der Waals surface area (Å²) in [6.07, 6.45) is 5.18. The number of nitrogens with zero attached hydrogens (tertiary/aromatic N) is 1. The van der Waals surface area contributed by atoms with Gasteiger partial charge in [-0.15, -0.1) is 23.5 Å². The number of halogens is 2. The highest BCUT2D eigenvalue weighted by Gasteiger charge is 2.50. The first-order valence-electron chi connectivity index (χ1n) is 10.8. The Morgan fingerprint density at radius 3 is 2.44 bits per heavy atom. The van der Waals surface area contributed by atoms with Crippen molar-refractivity contribution in [1.82, 2.24) is 0 Å². The maximum atomic E-state index is 12.4. The SMILES string of the molecule is CC1(C(=O)O)C=CCC(C(=O)O)(c2cc(SCCF)ccc2Cl)C1.CSc1cccc(N=C(N)N)c1. The first-order valence-corrected chi connectivity index (χ1v) is 13.4. The molecule has 0 radical (unpaired) electrons. The number of carboxylic acid groups (broad SMARTS) is 2. The van der Waals surface area contributed by atoms with Crippen LogP contribution in [-0.4, -0.2) is 46.8 Å². The van der Waals surface area contributed by atoms with Crippen LogP contribution in [0.5, 0.6) is 0 Å². The van der Waals surface area contributed by atoms with Gasteiger partial charge in [0.05, 0.1) is 23.2 Å². The van der Waals surface area contributed by atoms with E-state index in [2.05, 4.69) is 4.99 Å². The van der Waals surface area contributed by atoms with E-state index in [1.807, 2.05) is 30.5 Å². The summed E-state index contributed by atoms with van der Waals surface area (Å²) in [5, 5.41) is 19.6. The van der Waals surface area contributed by atoms with Gasteiger partial charge in [0.15, 0.2) is 5.96 Å². The molecule has 6 N–H and O–H groups in total. The number of alkyl halides is 1.